The zero-order chi connectivity index (χ0) is 7.28. The average molecular weight is 134 g/mol. The fourth-order valence-corrected chi connectivity index (χ4v) is 0.236. The molecular formula is C3H6N2O4. The van der Waals surface area contributed by atoms with Crippen LogP contribution in [-0.2, 0) is 4.79 Å². The molecule has 0 saturated carbocycles. The fraction of sp³-hybridized carbons (Fsp3) is 0.667. The maximum atomic E-state index is 9.95. The van der Waals surface area contributed by atoms with Gasteiger partial charge in [0.25, 0.3) is 0 Å². The van der Waals surface area contributed by atoms with Gasteiger partial charge in [0.05, 0.1) is 0 Å². The Morgan fingerprint density at radius 2 is 2.33 bits per heavy atom. The van der Waals surface area contributed by atoms with Gasteiger partial charge in [0.1, 0.15) is 6.42 Å². The molecule has 0 bridgehead atoms. The monoisotopic (exact) mass is 134 g/mol. The Balaban J connectivity index is 3.39. The highest BCUT2D eigenvalue weighted by Crippen LogP contribution is 1.80. The third-order valence-electron chi connectivity index (χ3n) is 0.617. The van der Waals surface area contributed by atoms with E-state index in [0.29, 0.717) is 0 Å². The van der Waals surface area contributed by atoms with Crippen molar-refractivity contribution in [2.45, 2.75) is 6.42 Å². The van der Waals surface area contributed by atoms with Crippen molar-refractivity contribution in [1.82, 2.24) is 0 Å². The molecule has 0 aromatic rings. The third kappa shape index (κ3) is 4.52. The van der Waals surface area contributed by atoms with Crippen LogP contribution in [0.5, 0.6) is 0 Å². The first-order valence-corrected chi connectivity index (χ1v) is 2.18. The first kappa shape index (κ1) is 7.67. The van der Waals surface area contributed by atoms with Crippen molar-refractivity contribution in [1.29, 1.82) is 0 Å². The van der Waals surface area contributed by atoms with Gasteiger partial charge in [-0.05, 0) is 0 Å². The molecule has 0 aliphatic rings. The minimum atomic E-state index is -1.10. The Kier molecular flexibility index (Phi) is 3.11. The van der Waals surface area contributed by atoms with Crippen molar-refractivity contribution in [3.63, 3.8) is 0 Å². The second-order valence-electron chi connectivity index (χ2n) is 1.31. The molecule has 0 aliphatic heterocycles. The SMILES string of the molecule is O=C(O)CC/[N+]([O-])=N/O. The minimum absolute atomic E-state index is 0.103. The van der Waals surface area contributed by atoms with Crippen molar-refractivity contribution in [2.75, 3.05) is 6.54 Å². The van der Waals surface area contributed by atoms with Crippen molar-refractivity contribution in [2.24, 2.45) is 5.28 Å². The van der Waals surface area contributed by atoms with Crippen LogP contribution in [0.4, 0.5) is 0 Å². The molecule has 6 heteroatoms. The molecule has 52 valence electrons. The van der Waals surface area contributed by atoms with E-state index in [0.717, 1.165) is 0 Å². The lowest BCUT2D eigenvalue weighted by Crippen LogP contribution is -2.07. The number of hydrogen-bond donors (Lipinski definition) is 2. The zero-order valence-corrected chi connectivity index (χ0v) is 4.52. The second-order valence-corrected chi connectivity index (χ2v) is 1.31. The lowest BCUT2D eigenvalue weighted by Gasteiger charge is -1.92. The highest BCUT2D eigenvalue weighted by Gasteiger charge is 2.01. The quantitative estimate of drug-likeness (QED) is 0.317. The highest BCUT2D eigenvalue weighted by atomic mass is 16.6. The Morgan fingerprint density at radius 1 is 1.78 bits per heavy atom. The molecule has 0 heterocycles. The third-order valence-corrected chi connectivity index (χ3v) is 0.617. The molecule has 0 saturated heterocycles. The predicted octanol–water partition coefficient (Wildman–Crippen LogP) is -0.187. The minimum Gasteiger partial charge on any atom is -0.597 e. The van der Waals surface area contributed by atoms with Gasteiger partial charge in [0.15, 0.2) is 11.8 Å². The van der Waals surface area contributed by atoms with E-state index < -0.39 is 5.97 Å². The van der Waals surface area contributed by atoms with E-state index in [1.54, 1.807) is 0 Å². The fourth-order valence-electron chi connectivity index (χ4n) is 0.236. The Labute approximate surface area is 50.6 Å². The number of nitrogens with zero attached hydrogens (tertiary/aromatic N) is 2. The molecule has 0 amide bonds. The maximum absolute atomic E-state index is 9.95. The van der Waals surface area contributed by atoms with Gasteiger partial charge in [-0.1, -0.05) is 4.86 Å². The van der Waals surface area contributed by atoms with Gasteiger partial charge in [0.2, 0.25) is 0 Å². The summed E-state index contributed by atoms with van der Waals surface area (Å²) in [6.07, 6.45) is -0.326. The van der Waals surface area contributed by atoms with Gasteiger partial charge in [-0.15, -0.1) is 0 Å². The standard InChI is InChI=1S/C3H6N2O4/c6-3(7)1-2-5(9)4-8/h8H,1-2H2,(H,6,7)/b5-4-. The molecule has 0 spiro atoms. The van der Waals surface area contributed by atoms with Crippen LogP contribution >= 0.6 is 0 Å². The molecule has 0 aromatic heterocycles. The highest BCUT2D eigenvalue weighted by molar-refractivity contribution is 5.66. The van der Waals surface area contributed by atoms with Crippen LogP contribution in [-0.4, -0.2) is 27.7 Å². The molecule has 0 unspecified atom stereocenters. The number of carboxylic acids is 1. The van der Waals surface area contributed by atoms with E-state index in [-0.39, 0.29) is 17.8 Å². The molecule has 0 fully saturated rings. The summed E-state index contributed by atoms with van der Waals surface area (Å²) in [5.41, 5.74) is 0. The zero-order valence-electron chi connectivity index (χ0n) is 4.52. The number of hydroxylamine groups is 1. The summed E-state index contributed by atoms with van der Waals surface area (Å²) >= 11 is 0. The van der Waals surface area contributed by atoms with Crippen molar-refractivity contribution < 1.29 is 20.0 Å². The van der Waals surface area contributed by atoms with Crippen LogP contribution in [0.3, 0.4) is 0 Å². The molecule has 6 nitrogen and oxygen atoms in total. The Bertz CT molecular complexity index is 132. The summed E-state index contributed by atoms with van der Waals surface area (Å²) in [6.45, 7) is -0.328. The van der Waals surface area contributed by atoms with E-state index in [2.05, 4.69) is 5.28 Å². The summed E-state index contributed by atoms with van der Waals surface area (Å²) in [6, 6.07) is 0. The topological polar surface area (TPSA) is 96.0 Å². The smallest absolute Gasteiger partial charge is 0.309 e. The molecule has 0 aliphatic carbocycles. The second kappa shape index (κ2) is 3.65. The molecule has 0 rings (SSSR count). The van der Waals surface area contributed by atoms with Crippen LogP contribution in [0.25, 0.3) is 0 Å². The van der Waals surface area contributed by atoms with Gasteiger partial charge in [0, 0.05) is 0 Å². The lowest BCUT2D eigenvalue weighted by atomic mass is 10.4. The van der Waals surface area contributed by atoms with E-state index in [9.17, 15) is 10.0 Å². The van der Waals surface area contributed by atoms with Crippen LogP contribution in [0.15, 0.2) is 5.28 Å². The normalized spacial score (nSPS) is 11.3. The van der Waals surface area contributed by atoms with Gasteiger partial charge < -0.3 is 15.5 Å². The number of carboxylic acid groups (broad SMARTS) is 1. The number of rotatable bonds is 3. The number of carbonyl (C=O) groups is 1. The van der Waals surface area contributed by atoms with Crippen LogP contribution in [0, 0.1) is 5.21 Å². The van der Waals surface area contributed by atoms with Crippen LogP contribution in [0.2, 0.25) is 0 Å². The molecule has 0 radical (unpaired) electrons. The summed E-state index contributed by atoms with van der Waals surface area (Å²) in [7, 11) is 0. The number of hydrogen-bond acceptors (Lipinski definition) is 3. The maximum Gasteiger partial charge on any atom is 0.309 e. The van der Waals surface area contributed by atoms with Gasteiger partial charge in [-0.2, -0.15) is 0 Å². The van der Waals surface area contributed by atoms with Crippen LogP contribution in [0.1, 0.15) is 6.42 Å². The molecule has 0 aromatic carbocycles. The lowest BCUT2D eigenvalue weighted by molar-refractivity contribution is -0.554. The Morgan fingerprint density at radius 3 is 2.67 bits per heavy atom. The largest absolute Gasteiger partial charge is 0.597 e. The molecular weight excluding hydrogens is 128 g/mol. The summed E-state index contributed by atoms with van der Waals surface area (Å²) in [5.74, 6) is -1.10. The van der Waals surface area contributed by atoms with Crippen molar-refractivity contribution in [3.05, 3.63) is 5.21 Å². The van der Waals surface area contributed by atoms with Gasteiger partial charge in [-0.25, -0.2) is 0 Å². The van der Waals surface area contributed by atoms with Crippen molar-refractivity contribution >= 4 is 5.97 Å². The average Bonchev–Trinajstić information content (AvgIpc) is 1.83. The van der Waals surface area contributed by atoms with Gasteiger partial charge in [-0.3, -0.25) is 4.79 Å². The number of aliphatic carboxylic acids is 1. The van der Waals surface area contributed by atoms with E-state index >= 15 is 0 Å². The van der Waals surface area contributed by atoms with E-state index in [1.807, 2.05) is 0 Å². The first-order valence-electron chi connectivity index (χ1n) is 2.18. The van der Waals surface area contributed by atoms with E-state index in [1.165, 1.54) is 0 Å². The predicted molar refractivity (Wildman–Crippen MR) is 25.0 cm³/mol. The molecule has 9 heavy (non-hydrogen) atoms. The summed E-state index contributed by atoms with van der Waals surface area (Å²) in [4.78, 5) is 9.63. The molecule has 2 N–H and O–H groups in total. The van der Waals surface area contributed by atoms with Gasteiger partial charge >= 0.3 is 5.97 Å². The van der Waals surface area contributed by atoms with E-state index in [4.69, 9.17) is 10.3 Å². The van der Waals surface area contributed by atoms with Crippen LogP contribution < -0.4 is 0 Å². The first-order chi connectivity index (χ1) is 4.16. The Hall–Kier alpha value is -1.33. The summed E-state index contributed by atoms with van der Waals surface area (Å²) < 4.78 is 0. The summed E-state index contributed by atoms with van der Waals surface area (Å²) in [5, 5.41) is 27.8. The van der Waals surface area contributed by atoms with Crippen molar-refractivity contribution in [3.8, 4) is 0 Å². The molecule has 0 atom stereocenters.